The van der Waals surface area contributed by atoms with Gasteiger partial charge >= 0.3 is 0 Å². The lowest BCUT2D eigenvalue weighted by Crippen LogP contribution is -2.27. The quantitative estimate of drug-likeness (QED) is 0.618. The fraction of sp³-hybridized carbons (Fsp3) is 0.200. The van der Waals surface area contributed by atoms with Crippen LogP contribution in [0.25, 0.3) is 0 Å². The van der Waals surface area contributed by atoms with Crippen LogP contribution in [0.4, 0.5) is 5.13 Å². The third-order valence-corrected chi connectivity index (χ3v) is 6.90. The molecule has 1 heterocycles. The number of sulfonamides is 1. The van der Waals surface area contributed by atoms with Gasteiger partial charge in [-0.05, 0) is 30.7 Å². The van der Waals surface area contributed by atoms with E-state index in [0.29, 0.717) is 5.13 Å². The normalized spacial score (nSPS) is 11.4. The molecule has 0 atom stereocenters. The maximum Gasteiger partial charge on any atom is 0.257 e. The summed E-state index contributed by atoms with van der Waals surface area (Å²) in [7, 11) is -1.00. The molecule has 0 fully saturated rings. The zero-order valence-corrected chi connectivity index (χ0v) is 17.9. The lowest BCUT2D eigenvalue weighted by molar-refractivity contribution is 0.102. The molecule has 1 aromatic heterocycles. The van der Waals surface area contributed by atoms with Gasteiger partial charge < -0.3 is 4.74 Å². The summed E-state index contributed by atoms with van der Waals surface area (Å²) in [4.78, 5) is 16.7. The minimum absolute atomic E-state index is 0.0681. The van der Waals surface area contributed by atoms with Crippen molar-refractivity contribution in [1.29, 1.82) is 0 Å². The monoisotopic (exact) mass is 431 g/mol. The summed E-state index contributed by atoms with van der Waals surface area (Å²) >= 11 is 1.30. The summed E-state index contributed by atoms with van der Waals surface area (Å²) in [5, 5.41) is 4.95. The summed E-state index contributed by atoms with van der Waals surface area (Å²) in [5.41, 5.74) is 1.85. The molecular formula is C20H21N3O4S2. The van der Waals surface area contributed by atoms with E-state index >= 15 is 0 Å². The number of carbonyl (C=O) groups is 1. The summed E-state index contributed by atoms with van der Waals surface area (Å²) in [6, 6.07) is 13.6. The van der Waals surface area contributed by atoms with Gasteiger partial charge in [0, 0.05) is 24.5 Å². The minimum Gasteiger partial charge on any atom is -0.495 e. The van der Waals surface area contributed by atoms with Crippen LogP contribution >= 0.6 is 11.3 Å². The zero-order valence-electron chi connectivity index (χ0n) is 16.2. The third-order valence-electron chi connectivity index (χ3n) is 4.20. The SMILES string of the molecule is COc1ccc(C(=O)Nc2nc(C)cs2)cc1S(=O)(=O)N(C)Cc1ccccc1. The first-order valence-corrected chi connectivity index (χ1v) is 11.0. The van der Waals surface area contributed by atoms with Gasteiger partial charge in [0.25, 0.3) is 5.91 Å². The standard InChI is InChI=1S/C20H21N3O4S2/c1-14-13-28-20(21-14)22-19(24)16-9-10-17(27-3)18(11-16)29(25,26)23(2)12-15-7-5-4-6-8-15/h4-11,13H,12H2,1-3H3,(H,21,22,24). The van der Waals surface area contributed by atoms with Crippen LogP contribution in [0.2, 0.25) is 0 Å². The van der Waals surface area contributed by atoms with E-state index in [1.807, 2.05) is 42.6 Å². The summed E-state index contributed by atoms with van der Waals surface area (Å²) < 4.78 is 32.8. The molecule has 3 aromatic rings. The number of methoxy groups -OCH3 is 1. The lowest BCUT2D eigenvalue weighted by atomic mass is 10.2. The lowest BCUT2D eigenvalue weighted by Gasteiger charge is -2.19. The molecule has 0 bridgehead atoms. The van der Waals surface area contributed by atoms with Crippen LogP contribution in [0.15, 0.2) is 58.8 Å². The fourth-order valence-corrected chi connectivity index (χ4v) is 4.71. The number of rotatable bonds is 7. The number of ether oxygens (including phenoxy) is 1. The number of anilines is 1. The highest BCUT2D eigenvalue weighted by Crippen LogP contribution is 2.28. The van der Waals surface area contributed by atoms with Crippen molar-refractivity contribution >= 4 is 32.4 Å². The highest BCUT2D eigenvalue weighted by atomic mass is 32.2. The summed E-state index contributed by atoms with van der Waals surface area (Å²) in [6.45, 7) is 2.02. The topological polar surface area (TPSA) is 88.6 Å². The van der Waals surface area contributed by atoms with Gasteiger partial charge in [-0.25, -0.2) is 13.4 Å². The Balaban J connectivity index is 1.90. The maximum absolute atomic E-state index is 13.2. The van der Waals surface area contributed by atoms with Crippen LogP contribution in [-0.2, 0) is 16.6 Å². The number of benzene rings is 2. The van der Waals surface area contributed by atoms with Gasteiger partial charge in [-0.1, -0.05) is 30.3 Å². The molecule has 1 N–H and O–H groups in total. The van der Waals surface area contributed by atoms with E-state index in [0.717, 1.165) is 11.3 Å². The first-order valence-electron chi connectivity index (χ1n) is 8.73. The second-order valence-electron chi connectivity index (χ2n) is 6.36. The van der Waals surface area contributed by atoms with Crippen molar-refractivity contribution in [2.45, 2.75) is 18.4 Å². The third kappa shape index (κ3) is 4.81. The molecule has 0 aliphatic rings. The molecule has 9 heteroatoms. The average molecular weight is 432 g/mol. The molecule has 2 aromatic carbocycles. The molecule has 152 valence electrons. The Hall–Kier alpha value is -2.75. The second kappa shape index (κ2) is 8.73. The largest absolute Gasteiger partial charge is 0.495 e. The number of nitrogens with one attached hydrogen (secondary N) is 1. The van der Waals surface area contributed by atoms with E-state index in [-0.39, 0.29) is 22.8 Å². The van der Waals surface area contributed by atoms with Crippen molar-refractivity contribution in [2.24, 2.45) is 0 Å². The average Bonchev–Trinajstić information content (AvgIpc) is 3.12. The minimum atomic E-state index is -3.89. The van der Waals surface area contributed by atoms with Crippen LogP contribution < -0.4 is 10.1 Å². The van der Waals surface area contributed by atoms with Gasteiger partial charge in [-0.2, -0.15) is 4.31 Å². The number of aryl methyl sites for hydroxylation is 1. The molecular weight excluding hydrogens is 410 g/mol. The number of thiazole rings is 1. The van der Waals surface area contributed by atoms with Crippen molar-refractivity contribution in [2.75, 3.05) is 19.5 Å². The Morgan fingerprint density at radius 2 is 1.93 bits per heavy atom. The number of aromatic nitrogens is 1. The fourth-order valence-electron chi connectivity index (χ4n) is 2.69. The van der Waals surface area contributed by atoms with Crippen molar-refractivity contribution in [3.8, 4) is 5.75 Å². The van der Waals surface area contributed by atoms with Gasteiger partial charge in [-0.3, -0.25) is 10.1 Å². The summed E-state index contributed by atoms with van der Waals surface area (Å²) in [6.07, 6.45) is 0. The van der Waals surface area contributed by atoms with E-state index in [1.165, 1.54) is 48.0 Å². The van der Waals surface area contributed by atoms with E-state index in [4.69, 9.17) is 4.74 Å². The van der Waals surface area contributed by atoms with E-state index in [1.54, 1.807) is 0 Å². The Bertz CT molecular complexity index is 1110. The Morgan fingerprint density at radius 1 is 1.21 bits per heavy atom. The van der Waals surface area contributed by atoms with Crippen molar-refractivity contribution < 1.29 is 17.9 Å². The molecule has 29 heavy (non-hydrogen) atoms. The van der Waals surface area contributed by atoms with E-state index < -0.39 is 15.9 Å². The number of carbonyl (C=O) groups excluding carboxylic acids is 1. The predicted octanol–water partition coefficient (Wildman–Crippen LogP) is 3.53. The Kier molecular flexibility index (Phi) is 6.31. The van der Waals surface area contributed by atoms with Crippen molar-refractivity contribution in [1.82, 2.24) is 9.29 Å². The smallest absolute Gasteiger partial charge is 0.257 e. The molecule has 0 spiro atoms. The molecule has 0 aliphatic carbocycles. The summed E-state index contributed by atoms with van der Waals surface area (Å²) in [5.74, 6) is -0.268. The molecule has 0 aliphatic heterocycles. The van der Waals surface area contributed by atoms with Gasteiger partial charge in [0.15, 0.2) is 5.13 Å². The van der Waals surface area contributed by atoms with Crippen molar-refractivity contribution in [3.63, 3.8) is 0 Å². The van der Waals surface area contributed by atoms with Gasteiger partial charge in [0.1, 0.15) is 10.6 Å². The number of nitrogens with zero attached hydrogens (tertiary/aromatic N) is 2. The van der Waals surface area contributed by atoms with Gasteiger partial charge in [-0.15, -0.1) is 11.3 Å². The number of hydrogen-bond donors (Lipinski definition) is 1. The molecule has 3 rings (SSSR count). The molecule has 0 radical (unpaired) electrons. The highest BCUT2D eigenvalue weighted by Gasteiger charge is 2.26. The number of hydrogen-bond acceptors (Lipinski definition) is 6. The van der Waals surface area contributed by atoms with Crippen LogP contribution in [0.3, 0.4) is 0 Å². The van der Waals surface area contributed by atoms with Crippen molar-refractivity contribution in [3.05, 3.63) is 70.7 Å². The molecule has 0 unspecified atom stereocenters. The number of amides is 1. The van der Waals surface area contributed by atoms with E-state index in [2.05, 4.69) is 10.3 Å². The van der Waals surface area contributed by atoms with Crippen LogP contribution in [0, 0.1) is 6.92 Å². The van der Waals surface area contributed by atoms with Gasteiger partial charge in [0.2, 0.25) is 10.0 Å². The highest BCUT2D eigenvalue weighted by molar-refractivity contribution is 7.89. The Labute approximate surface area is 174 Å². The second-order valence-corrected chi connectivity index (χ2v) is 9.23. The molecule has 7 nitrogen and oxygen atoms in total. The predicted molar refractivity (Wildman–Crippen MR) is 113 cm³/mol. The van der Waals surface area contributed by atoms with Crippen LogP contribution in [0.5, 0.6) is 5.75 Å². The Morgan fingerprint density at radius 3 is 2.55 bits per heavy atom. The van der Waals surface area contributed by atoms with E-state index in [9.17, 15) is 13.2 Å². The van der Waals surface area contributed by atoms with Gasteiger partial charge in [0.05, 0.1) is 12.8 Å². The zero-order chi connectivity index (χ0) is 21.0. The first-order chi connectivity index (χ1) is 13.8. The molecule has 1 amide bonds. The van der Waals surface area contributed by atoms with Crippen LogP contribution in [-0.4, -0.2) is 37.8 Å². The molecule has 0 saturated carbocycles. The van der Waals surface area contributed by atoms with Crippen LogP contribution in [0.1, 0.15) is 21.6 Å². The molecule has 0 saturated heterocycles. The maximum atomic E-state index is 13.2. The first kappa shape index (κ1) is 21.0.